The predicted molar refractivity (Wildman–Crippen MR) is 66.0 cm³/mol. The SMILES string of the molecule is CNS(=O)(=O)CCNCc1ccccc1Cl. The first-order chi connectivity index (χ1) is 7.55. The fourth-order valence-corrected chi connectivity index (χ4v) is 1.99. The van der Waals surface area contributed by atoms with Gasteiger partial charge >= 0.3 is 0 Å². The smallest absolute Gasteiger partial charge is 0.212 e. The van der Waals surface area contributed by atoms with E-state index < -0.39 is 10.0 Å². The minimum absolute atomic E-state index is 0.0634. The van der Waals surface area contributed by atoms with Crippen LogP contribution in [0.25, 0.3) is 0 Å². The standard InChI is InChI=1S/C10H15ClN2O2S/c1-12-16(14,15)7-6-13-8-9-4-2-3-5-10(9)11/h2-5,12-13H,6-8H2,1H3. The van der Waals surface area contributed by atoms with Crippen molar-refractivity contribution in [2.45, 2.75) is 6.54 Å². The molecule has 0 bridgehead atoms. The topological polar surface area (TPSA) is 58.2 Å². The molecule has 0 unspecified atom stereocenters. The van der Waals surface area contributed by atoms with Crippen LogP contribution in [0.15, 0.2) is 24.3 Å². The van der Waals surface area contributed by atoms with Gasteiger partial charge in [-0.05, 0) is 18.7 Å². The Balaban J connectivity index is 2.35. The predicted octanol–water partition coefficient (Wildman–Crippen LogP) is 0.979. The fourth-order valence-electron chi connectivity index (χ4n) is 1.17. The minimum Gasteiger partial charge on any atom is -0.312 e. The lowest BCUT2D eigenvalue weighted by atomic mass is 10.2. The molecule has 0 spiro atoms. The summed E-state index contributed by atoms with van der Waals surface area (Å²) in [6.45, 7) is 0.966. The summed E-state index contributed by atoms with van der Waals surface area (Å²) in [4.78, 5) is 0. The molecule has 0 aliphatic rings. The fraction of sp³-hybridized carbons (Fsp3) is 0.400. The van der Waals surface area contributed by atoms with Crippen molar-refractivity contribution < 1.29 is 8.42 Å². The number of nitrogens with one attached hydrogen (secondary N) is 2. The maximum atomic E-state index is 11.1. The molecule has 0 aliphatic carbocycles. The molecule has 0 saturated heterocycles. The van der Waals surface area contributed by atoms with Crippen molar-refractivity contribution in [1.29, 1.82) is 0 Å². The average molecular weight is 263 g/mol. The second-order valence-corrected chi connectivity index (χ2v) is 5.74. The zero-order valence-corrected chi connectivity index (χ0v) is 10.6. The minimum atomic E-state index is -3.13. The molecule has 1 aromatic rings. The number of halogens is 1. The highest BCUT2D eigenvalue weighted by molar-refractivity contribution is 7.89. The van der Waals surface area contributed by atoms with Gasteiger partial charge < -0.3 is 5.32 Å². The first-order valence-corrected chi connectivity index (χ1v) is 6.93. The zero-order valence-electron chi connectivity index (χ0n) is 9.03. The van der Waals surface area contributed by atoms with Crippen LogP contribution in [0.4, 0.5) is 0 Å². The maximum absolute atomic E-state index is 11.1. The summed E-state index contributed by atoms with van der Waals surface area (Å²) in [6, 6.07) is 7.47. The normalized spacial score (nSPS) is 11.6. The Morgan fingerprint density at radius 1 is 1.31 bits per heavy atom. The van der Waals surface area contributed by atoms with Gasteiger partial charge in [0.1, 0.15) is 0 Å². The second-order valence-electron chi connectivity index (χ2n) is 3.29. The second kappa shape index (κ2) is 6.20. The van der Waals surface area contributed by atoms with Gasteiger partial charge in [0.15, 0.2) is 0 Å². The van der Waals surface area contributed by atoms with Crippen LogP contribution in [0, 0.1) is 0 Å². The molecule has 0 amide bonds. The molecular formula is C10H15ClN2O2S. The van der Waals surface area contributed by atoms with Crippen LogP contribution in [-0.4, -0.2) is 27.8 Å². The Kier molecular flexibility index (Phi) is 5.21. The van der Waals surface area contributed by atoms with Gasteiger partial charge in [0.05, 0.1) is 5.75 Å². The summed E-state index contributed by atoms with van der Waals surface area (Å²) in [5, 5.41) is 3.72. The molecule has 0 atom stereocenters. The van der Waals surface area contributed by atoms with Gasteiger partial charge in [0, 0.05) is 18.1 Å². The van der Waals surface area contributed by atoms with Crippen molar-refractivity contribution in [3.05, 3.63) is 34.9 Å². The van der Waals surface area contributed by atoms with Gasteiger partial charge in [-0.15, -0.1) is 0 Å². The molecule has 0 fully saturated rings. The van der Waals surface area contributed by atoms with Gasteiger partial charge in [-0.2, -0.15) is 0 Å². The Bertz CT molecular complexity index is 434. The molecular weight excluding hydrogens is 248 g/mol. The molecule has 4 nitrogen and oxygen atoms in total. The van der Waals surface area contributed by atoms with Gasteiger partial charge in [-0.25, -0.2) is 13.1 Å². The third-order valence-electron chi connectivity index (χ3n) is 2.13. The summed E-state index contributed by atoms with van der Waals surface area (Å²) < 4.78 is 24.5. The molecule has 0 saturated carbocycles. The van der Waals surface area contributed by atoms with Crippen molar-refractivity contribution in [1.82, 2.24) is 10.0 Å². The van der Waals surface area contributed by atoms with Crippen LogP contribution in [0.5, 0.6) is 0 Å². The Morgan fingerprint density at radius 3 is 2.62 bits per heavy atom. The molecule has 0 heterocycles. The van der Waals surface area contributed by atoms with Crippen LogP contribution in [-0.2, 0) is 16.6 Å². The number of hydrogen-bond acceptors (Lipinski definition) is 3. The molecule has 2 N–H and O–H groups in total. The van der Waals surface area contributed by atoms with Crippen LogP contribution in [0.2, 0.25) is 5.02 Å². The van der Waals surface area contributed by atoms with E-state index in [1.165, 1.54) is 7.05 Å². The largest absolute Gasteiger partial charge is 0.312 e. The number of hydrogen-bond donors (Lipinski definition) is 2. The summed E-state index contributed by atoms with van der Waals surface area (Å²) in [5.41, 5.74) is 0.964. The zero-order chi connectivity index (χ0) is 12.0. The quantitative estimate of drug-likeness (QED) is 0.752. The van der Waals surface area contributed by atoms with E-state index in [-0.39, 0.29) is 5.75 Å². The molecule has 90 valence electrons. The Morgan fingerprint density at radius 2 is 2.00 bits per heavy atom. The van der Waals surface area contributed by atoms with E-state index in [1.54, 1.807) is 0 Å². The van der Waals surface area contributed by atoms with E-state index in [0.29, 0.717) is 18.1 Å². The molecule has 1 rings (SSSR count). The Hall–Kier alpha value is -0.620. The summed E-state index contributed by atoms with van der Waals surface area (Å²) >= 11 is 5.95. The summed E-state index contributed by atoms with van der Waals surface area (Å²) in [6.07, 6.45) is 0. The highest BCUT2D eigenvalue weighted by Crippen LogP contribution is 2.13. The van der Waals surface area contributed by atoms with E-state index in [0.717, 1.165) is 5.56 Å². The Labute approximate surface area is 101 Å². The van der Waals surface area contributed by atoms with E-state index in [1.807, 2.05) is 24.3 Å². The molecule has 1 aromatic carbocycles. The van der Waals surface area contributed by atoms with Gasteiger partial charge in [-0.1, -0.05) is 29.8 Å². The first kappa shape index (κ1) is 13.4. The molecule has 16 heavy (non-hydrogen) atoms. The van der Waals surface area contributed by atoms with Gasteiger partial charge in [0.25, 0.3) is 0 Å². The lowest BCUT2D eigenvalue weighted by molar-refractivity contribution is 0.583. The molecule has 0 aliphatic heterocycles. The molecule has 6 heteroatoms. The van der Waals surface area contributed by atoms with Crippen molar-refractivity contribution >= 4 is 21.6 Å². The van der Waals surface area contributed by atoms with E-state index in [9.17, 15) is 8.42 Å². The monoisotopic (exact) mass is 262 g/mol. The van der Waals surface area contributed by atoms with E-state index in [2.05, 4.69) is 10.0 Å². The maximum Gasteiger partial charge on any atom is 0.212 e. The van der Waals surface area contributed by atoms with Crippen LogP contribution >= 0.6 is 11.6 Å². The number of rotatable bonds is 6. The summed E-state index contributed by atoms with van der Waals surface area (Å²) in [7, 11) is -1.72. The van der Waals surface area contributed by atoms with Crippen LogP contribution in [0.3, 0.4) is 0 Å². The number of benzene rings is 1. The van der Waals surface area contributed by atoms with E-state index >= 15 is 0 Å². The highest BCUT2D eigenvalue weighted by Gasteiger charge is 2.05. The van der Waals surface area contributed by atoms with Crippen molar-refractivity contribution in [2.75, 3.05) is 19.3 Å². The van der Waals surface area contributed by atoms with Gasteiger partial charge in [-0.3, -0.25) is 0 Å². The lowest BCUT2D eigenvalue weighted by Gasteiger charge is -2.06. The van der Waals surface area contributed by atoms with Crippen LogP contribution in [0.1, 0.15) is 5.56 Å². The third-order valence-corrected chi connectivity index (χ3v) is 3.86. The highest BCUT2D eigenvalue weighted by atomic mass is 35.5. The third kappa shape index (κ3) is 4.49. The molecule has 0 radical (unpaired) electrons. The molecule has 0 aromatic heterocycles. The van der Waals surface area contributed by atoms with Crippen LogP contribution < -0.4 is 10.0 Å². The van der Waals surface area contributed by atoms with Crippen molar-refractivity contribution in [3.63, 3.8) is 0 Å². The van der Waals surface area contributed by atoms with Gasteiger partial charge in [0.2, 0.25) is 10.0 Å². The summed E-state index contributed by atoms with van der Waals surface area (Å²) in [5.74, 6) is 0.0634. The first-order valence-electron chi connectivity index (χ1n) is 4.90. The van der Waals surface area contributed by atoms with Crippen molar-refractivity contribution in [2.24, 2.45) is 0 Å². The number of sulfonamides is 1. The van der Waals surface area contributed by atoms with Crippen molar-refractivity contribution in [3.8, 4) is 0 Å². The lowest BCUT2D eigenvalue weighted by Crippen LogP contribution is -2.29. The van der Waals surface area contributed by atoms with E-state index in [4.69, 9.17) is 11.6 Å². The average Bonchev–Trinajstić information content (AvgIpc) is 2.27.